The lowest BCUT2D eigenvalue weighted by Crippen LogP contribution is -2.30. The van der Waals surface area contributed by atoms with Crippen LogP contribution in [0, 0.1) is 0 Å². The molecular formula is C27H25NO3. The molecule has 0 fully saturated rings. The van der Waals surface area contributed by atoms with Crippen LogP contribution in [0.3, 0.4) is 0 Å². The number of methoxy groups -OCH3 is 1. The highest BCUT2D eigenvalue weighted by Gasteiger charge is 2.23. The van der Waals surface area contributed by atoms with Crippen LogP contribution in [0.4, 0.5) is 10.5 Å². The van der Waals surface area contributed by atoms with Gasteiger partial charge in [0, 0.05) is 16.6 Å². The highest BCUT2D eigenvalue weighted by Crippen LogP contribution is 2.39. The Kier molecular flexibility index (Phi) is 6.18. The van der Waals surface area contributed by atoms with Gasteiger partial charge in [0.05, 0.1) is 20.3 Å². The zero-order valence-electron chi connectivity index (χ0n) is 17.7. The van der Waals surface area contributed by atoms with Crippen LogP contribution < -0.4 is 9.64 Å². The molecule has 0 aliphatic carbocycles. The summed E-state index contributed by atoms with van der Waals surface area (Å²) in [5.41, 5.74) is 3.82. The Hall–Kier alpha value is -3.79. The van der Waals surface area contributed by atoms with Crippen molar-refractivity contribution in [1.29, 1.82) is 0 Å². The fourth-order valence-electron chi connectivity index (χ4n) is 3.84. The molecule has 4 rings (SSSR count). The smallest absolute Gasteiger partial charge is 0.414 e. The van der Waals surface area contributed by atoms with Gasteiger partial charge in [0.1, 0.15) is 5.75 Å². The molecule has 0 saturated heterocycles. The molecule has 31 heavy (non-hydrogen) atoms. The van der Waals surface area contributed by atoms with Gasteiger partial charge in [0.15, 0.2) is 0 Å². The van der Waals surface area contributed by atoms with Gasteiger partial charge in [-0.2, -0.15) is 0 Å². The van der Waals surface area contributed by atoms with Crippen molar-refractivity contribution in [3.8, 4) is 16.9 Å². The highest BCUT2D eigenvalue weighted by molar-refractivity contribution is 5.96. The lowest BCUT2D eigenvalue weighted by Gasteiger charge is -2.25. The van der Waals surface area contributed by atoms with E-state index >= 15 is 0 Å². The predicted octanol–water partition coefficient (Wildman–Crippen LogP) is 6.68. The Bertz CT molecular complexity index is 1170. The van der Waals surface area contributed by atoms with Gasteiger partial charge >= 0.3 is 6.09 Å². The maximum Gasteiger partial charge on any atom is 0.414 e. The van der Waals surface area contributed by atoms with Crippen LogP contribution in [0.5, 0.6) is 5.75 Å². The molecule has 0 N–H and O–H groups in total. The zero-order valence-corrected chi connectivity index (χ0v) is 17.7. The topological polar surface area (TPSA) is 38.8 Å². The maximum atomic E-state index is 12.8. The first-order chi connectivity index (χ1) is 15.2. The Balaban J connectivity index is 1.96. The minimum Gasteiger partial charge on any atom is -0.493 e. The van der Waals surface area contributed by atoms with Gasteiger partial charge in [-0.05, 0) is 41.6 Å². The van der Waals surface area contributed by atoms with Gasteiger partial charge in [-0.3, -0.25) is 4.90 Å². The van der Waals surface area contributed by atoms with E-state index in [0.717, 1.165) is 38.9 Å². The van der Waals surface area contributed by atoms with Crippen LogP contribution in [0.2, 0.25) is 0 Å². The van der Waals surface area contributed by atoms with Crippen molar-refractivity contribution in [2.24, 2.45) is 0 Å². The average Bonchev–Trinajstić information content (AvgIpc) is 2.84. The number of hydrogen-bond donors (Lipinski definition) is 0. The molecule has 0 aliphatic heterocycles. The molecule has 0 saturated carbocycles. The lowest BCUT2D eigenvalue weighted by atomic mass is 9.93. The molecule has 4 nitrogen and oxygen atoms in total. The van der Waals surface area contributed by atoms with E-state index in [1.54, 1.807) is 4.90 Å². The van der Waals surface area contributed by atoms with Gasteiger partial charge in [0.2, 0.25) is 0 Å². The van der Waals surface area contributed by atoms with E-state index in [-0.39, 0.29) is 0 Å². The molecule has 4 aromatic carbocycles. The monoisotopic (exact) mass is 411 g/mol. The van der Waals surface area contributed by atoms with Crippen LogP contribution >= 0.6 is 0 Å². The van der Waals surface area contributed by atoms with Crippen molar-refractivity contribution in [1.82, 2.24) is 0 Å². The molecule has 4 heteroatoms. The lowest BCUT2D eigenvalue weighted by molar-refractivity contribution is 0.178. The molecule has 0 unspecified atom stereocenters. The van der Waals surface area contributed by atoms with Gasteiger partial charge in [0.25, 0.3) is 0 Å². The molecule has 0 atom stereocenters. The zero-order chi connectivity index (χ0) is 21.6. The highest BCUT2D eigenvalue weighted by atomic mass is 16.5. The third kappa shape index (κ3) is 4.24. The van der Waals surface area contributed by atoms with Crippen molar-refractivity contribution in [2.75, 3.05) is 18.6 Å². The van der Waals surface area contributed by atoms with Crippen LogP contribution in [-0.4, -0.2) is 19.8 Å². The number of para-hydroxylation sites is 1. The van der Waals surface area contributed by atoms with Gasteiger partial charge in [-0.25, -0.2) is 4.79 Å². The molecule has 0 spiro atoms. The summed E-state index contributed by atoms with van der Waals surface area (Å²) in [7, 11) is 1.40. The molecule has 0 bridgehead atoms. The Morgan fingerprint density at radius 3 is 2.19 bits per heavy atom. The number of nitrogens with zero attached hydrogens (tertiary/aromatic N) is 1. The molecule has 156 valence electrons. The molecular weight excluding hydrogens is 386 g/mol. The van der Waals surface area contributed by atoms with Gasteiger partial charge in [-0.15, -0.1) is 0 Å². The van der Waals surface area contributed by atoms with E-state index < -0.39 is 6.09 Å². The second-order valence-corrected chi connectivity index (χ2v) is 7.14. The van der Waals surface area contributed by atoms with E-state index in [0.29, 0.717) is 13.2 Å². The number of hydrogen-bond acceptors (Lipinski definition) is 3. The van der Waals surface area contributed by atoms with Crippen molar-refractivity contribution in [2.45, 2.75) is 13.5 Å². The number of benzene rings is 4. The molecule has 0 aromatic heterocycles. The summed E-state index contributed by atoms with van der Waals surface area (Å²) < 4.78 is 11.3. The number of ether oxygens (including phenoxy) is 2. The minimum atomic E-state index is -0.416. The summed E-state index contributed by atoms with van der Waals surface area (Å²) in [6.07, 6.45) is -0.416. The fraction of sp³-hybridized carbons (Fsp3) is 0.148. The number of rotatable bonds is 6. The summed E-state index contributed by atoms with van der Waals surface area (Å²) in [5, 5.41) is 2.12. The number of carbonyl (C=O) groups excluding carboxylic acids is 1. The minimum absolute atomic E-state index is 0.321. The summed E-state index contributed by atoms with van der Waals surface area (Å²) >= 11 is 0. The van der Waals surface area contributed by atoms with Gasteiger partial charge in [-0.1, -0.05) is 72.8 Å². The first-order valence-electron chi connectivity index (χ1n) is 10.4. The first-order valence-corrected chi connectivity index (χ1v) is 10.4. The van der Waals surface area contributed by atoms with Crippen LogP contribution in [0.15, 0.2) is 91.0 Å². The number of amides is 1. The first kappa shape index (κ1) is 20.5. The van der Waals surface area contributed by atoms with Crippen LogP contribution in [0.25, 0.3) is 21.9 Å². The second kappa shape index (κ2) is 9.35. The SMILES string of the molecule is CCOc1c(CN(C(=O)OC)c2ccccc2)c(-c2ccccc2)cc2ccccc12. The van der Waals surface area contributed by atoms with Gasteiger partial charge < -0.3 is 9.47 Å². The number of fused-ring (bicyclic) bond motifs is 1. The van der Waals surface area contributed by atoms with E-state index in [4.69, 9.17) is 9.47 Å². The third-order valence-corrected chi connectivity index (χ3v) is 5.26. The Morgan fingerprint density at radius 1 is 0.871 bits per heavy atom. The number of carbonyl (C=O) groups is 1. The second-order valence-electron chi connectivity index (χ2n) is 7.14. The number of anilines is 1. The molecule has 4 aromatic rings. The Labute approximate surface area is 182 Å². The van der Waals surface area contributed by atoms with E-state index in [2.05, 4.69) is 30.3 Å². The van der Waals surface area contributed by atoms with Crippen LogP contribution in [0.1, 0.15) is 12.5 Å². The summed E-state index contributed by atoms with van der Waals surface area (Å²) in [6, 6.07) is 30.1. The molecule has 0 aliphatic rings. The fourth-order valence-corrected chi connectivity index (χ4v) is 3.84. The van der Waals surface area contributed by atoms with Crippen molar-refractivity contribution in [3.63, 3.8) is 0 Å². The summed E-state index contributed by atoms with van der Waals surface area (Å²) in [4.78, 5) is 14.4. The maximum absolute atomic E-state index is 12.8. The molecule has 1 amide bonds. The van der Waals surface area contributed by atoms with Crippen molar-refractivity contribution >= 4 is 22.6 Å². The molecule has 0 heterocycles. The predicted molar refractivity (Wildman–Crippen MR) is 126 cm³/mol. The molecule has 0 radical (unpaired) electrons. The Morgan fingerprint density at radius 2 is 1.52 bits per heavy atom. The summed E-state index contributed by atoms with van der Waals surface area (Å²) in [5.74, 6) is 0.796. The average molecular weight is 412 g/mol. The normalized spacial score (nSPS) is 10.6. The van der Waals surface area contributed by atoms with Crippen molar-refractivity contribution < 1.29 is 14.3 Å². The third-order valence-electron chi connectivity index (χ3n) is 5.26. The quantitative estimate of drug-likeness (QED) is 0.355. The van der Waals surface area contributed by atoms with Crippen LogP contribution in [-0.2, 0) is 11.3 Å². The van der Waals surface area contributed by atoms with E-state index in [9.17, 15) is 4.79 Å². The summed E-state index contributed by atoms with van der Waals surface area (Å²) in [6.45, 7) is 2.82. The largest absolute Gasteiger partial charge is 0.493 e. The van der Waals surface area contributed by atoms with E-state index in [1.807, 2.05) is 67.6 Å². The van der Waals surface area contributed by atoms with Crippen molar-refractivity contribution in [3.05, 3.63) is 96.6 Å². The standard InChI is InChI=1S/C27H25NO3/c1-3-31-26-23-17-11-10-14-21(23)18-24(20-12-6-4-7-13-20)25(26)19-28(27(29)30-2)22-15-8-5-9-16-22/h4-18H,3,19H2,1-2H3. The van der Waals surface area contributed by atoms with E-state index in [1.165, 1.54) is 7.11 Å².